The standard InChI is InChI=1S/C10H17N3O2S/c11-9(14)7-6-12-3-4-13(7)10(15)8-2-1-5-16-8/h7-8,12H,1-6H2,(H2,11,14). The third-order valence-corrected chi connectivity index (χ3v) is 4.42. The molecule has 16 heavy (non-hydrogen) atoms. The van der Waals surface area contributed by atoms with Crippen molar-refractivity contribution < 1.29 is 9.59 Å². The summed E-state index contributed by atoms with van der Waals surface area (Å²) in [5, 5.41) is 3.13. The van der Waals surface area contributed by atoms with E-state index in [9.17, 15) is 9.59 Å². The van der Waals surface area contributed by atoms with E-state index >= 15 is 0 Å². The Bertz CT molecular complexity index is 292. The third kappa shape index (κ3) is 2.32. The van der Waals surface area contributed by atoms with Crippen molar-refractivity contribution in [1.82, 2.24) is 10.2 Å². The molecule has 0 aromatic rings. The van der Waals surface area contributed by atoms with Gasteiger partial charge in [0, 0.05) is 19.6 Å². The monoisotopic (exact) mass is 243 g/mol. The van der Waals surface area contributed by atoms with Gasteiger partial charge < -0.3 is 16.0 Å². The molecule has 2 atom stereocenters. The number of piperazine rings is 1. The van der Waals surface area contributed by atoms with Gasteiger partial charge in [-0.15, -0.1) is 11.8 Å². The molecule has 3 N–H and O–H groups in total. The van der Waals surface area contributed by atoms with E-state index in [1.807, 2.05) is 0 Å². The zero-order chi connectivity index (χ0) is 11.5. The van der Waals surface area contributed by atoms with E-state index in [1.165, 1.54) is 0 Å². The normalized spacial score (nSPS) is 30.4. The van der Waals surface area contributed by atoms with Gasteiger partial charge in [0.05, 0.1) is 5.25 Å². The van der Waals surface area contributed by atoms with Crippen molar-refractivity contribution >= 4 is 23.6 Å². The van der Waals surface area contributed by atoms with Gasteiger partial charge in [0.2, 0.25) is 11.8 Å². The second-order valence-corrected chi connectivity index (χ2v) is 5.47. The molecular formula is C10H17N3O2S. The number of primary amides is 1. The SMILES string of the molecule is NC(=O)C1CNCCN1C(=O)C1CCCS1. The molecule has 0 aromatic heterocycles. The van der Waals surface area contributed by atoms with Gasteiger partial charge in [0.15, 0.2) is 0 Å². The minimum absolute atomic E-state index is 0.0416. The summed E-state index contributed by atoms with van der Waals surface area (Å²) in [5.74, 6) is 0.723. The van der Waals surface area contributed by atoms with Gasteiger partial charge >= 0.3 is 0 Å². The first-order valence-electron chi connectivity index (χ1n) is 5.62. The largest absolute Gasteiger partial charge is 0.368 e. The molecule has 2 rings (SSSR count). The Morgan fingerprint density at radius 2 is 2.25 bits per heavy atom. The van der Waals surface area contributed by atoms with Crippen molar-refractivity contribution in [3.05, 3.63) is 0 Å². The van der Waals surface area contributed by atoms with Crippen LogP contribution in [0.2, 0.25) is 0 Å². The summed E-state index contributed by atoms with van der Waals surface area (Å²) in [5.41, 5.74) is 5.31. The van der Waals surface area contributed by atoms with Crippen LogP contribution < -0.4 is 11.1 Å². The van der Waals surface area contributed by atoms with Gasteiger partial charge in [-0.05, 0) is 18.6 Å². The van der Waals surface area contributed by atoms with E-state index in [1.54, 1.807) is 16.7 Å². The molecule has 2 unspecified atom stereocenters. The van der Waals surface area contributed by atoms with E-state index in [-0.39, 0.29) is 11.2 Å². The van der Waals surface area contributed by atoms with Crippen molar-refractivity contribution in [2.24, 2.45) is 5.73 Å². The Morgan fingerprint density at radius 3 is 2.88 bits per heavy atom. The van der Waals surface area contributed by atoms with Crippen LogP contribution in [0.1, 0.15) is 12.8 Å². The molecule has 0 saturated carbocycles. The molecule has 5 nitrogen and oxygen atoms in total. The van der Waals surface area contributed by atoms with Gasteiger partial charge in [-0.3, -0.25) is 9.59 Å². The van der Waals surface area contributed by atoms with Crippen LogP contribution >= 0.6 is 11.8 Å². The minimum Gasteiger partial charge on any atom is -0.368 e. The molecule has 0 spiro atoms. The van der Waals surface area contributed by atoms with Crippen LogP contribution in [0.25, 0.3) is 0 Å². The lowest BCUT2D eigenvalue weighted by atomic mass is 10.1. The highest BCUT2D eigenvalue weighted by Crippen LogP contribution is 2.28. The molecule has 0 aromatic carbocycles. The van der Waals surface area contributed by atoms with Gasteiger partial charge in [0.25, 0.3) is 0 Å². The molecule has 2 fully saturated rings. The lowest BCUT2D eigenvalue weighted by molar-refractivity contribution is -0.139. The number of carbonyl (C=O) groups is 2. The fraction of sp³-hybridized carbons (Fsp3) is 0.800. The Balaban J connectivity index is 2.04. The summed E-state index contributed by atoms with van der Waals surface area (Å²) < 4.78 is 0. The van der Waals surface area contributed by atoms with Crippen LogP contribution in [-0.4, -0.2) is 53.4 Å². The average molecular weight is 243 g/mol. The lowest BCUT2D eigenvalue weighted by Crippen LogP contribution is -2.60. The molecule has 6 heteroatoms. The van der Waals surface area contributed by atoms with Crippen molar-refractivity contribution in [2.45, 2.75) is 24.1 Å². The smallest absolute Gasteiger partial charge is 0.241 e. The summed E-state index contributed by atoms with van der Waals surface area (Å²) >= 11 is 1.69. The van der Waals surface area contributed by atoms with E-state index < -0.39 is 11.9 Å². The number of thioether (sulfide) groups is 1. The van der Waals surface area contributed by atoms with Gasteiger partial charge in [-0.25, -0.2) is 0 Å². The maximum Gasteiger partial charge on any atom is 0.241 e. The van der Waals surface area contributed by atoms with Crippen LogP contribution in [0.4, 0.5) is 0 Å². The zero-order valence-corrected chi connectivity index (χ0v) is 9.96. The number of amides is 2. The van der Waals surface area contributed by atoms with Crippen molar-refractivity contribution in [1.29, 1.82) is 0 Å². The number of nitrogens with one attached hydrogen (secondary N) is 1. The highest BCUT2D eigenvalue weighted by molar-refractivity contribution is 8.00. The Hall–Kier alpha value is -0.750. The molecule has 2 aliphatic heterocycles. The van der Waals surface area contributed by atoms with E-state index in [2.05, 4.69) is 5.32 Å². The third-order valence-electron chi connectivity index (χ3n) is 3.06. The predicted octanol–water partition coefficient (Wildman–Crippen LogP) is -0.832. The van der Waals surface area contributed by atoms with Gasteiger partial charge in [-0.1, -0.05) is 0 Å². The minimum atomic E-state index is -0.470. The molecule has 2 heterocycles. The second kappa shape index (κ2) is 5.05. The van der Waals surface area contributed by atoms with E-state index in [4.69, 9.17) is 5.73 Å². The predicted molar refractivity (Wildman–Crippen MR) is 63.0 cm³/mol. The summed E-state index contributed by atoms with van der Waals surface area (Å²) in [7, 11) is 0. The quantitative estimate of drug-likeness (QED) is 0.663. The molecule has 0 aliphatic carbocycles. The van der Waals surface area contributed by atoms with Crippen molar-refractivity contribution in [3.63, 3.8) is 0 Å². The highest BCUT2D eigenvalue weighted by atomic mass is 32.2. The summed E-state index contributed by atoms with van der Waals surface area (Å²) in [6, 6.07) is -0.470. The Kier molecular flexibility index (Phi) is 3.70. The van der Waals surface area contributed by atoms with Crippen molar-refractivity contribution in [2.75, 3.05) is 25.4 Å². The first-order chi connectivity index (χ1) is 7.70. The first-order valence-corrected chi connectivity index (χ1v) is 6.67. The molecule has 2 aliphatic rings. The van der Waals surface area contributed by atoms with Crippen LogP contribution in [-0.2, 0) is 9.59 Å². The number of hydrogen-bond acceptors (Lipinski definition) is 4. The van der Waals surface area contributed by atoms with Crippen LogP contribution in [0.3, 0.4) is 0 Å². The lowest BCUT2D eigenvalue weighted by Gasteiger charge is -2.35. The van der Waals surface area contributed by atoms with Gasteiger partial charge in [-0.2, -0.15) is 0 Å². The summed E-state index contributed by atoms with van der Waals surface area (Å²) in [6.07, 6.45) is 2.02. The first kappa shape index (κ1) is 11.7. The molecule has 90 valence electrons. The zero-order valence-electron chi connectivity index (χ0n) is 9.15. The fourth-order valence-corrected chi connectivity index (χ4v) is 3.41. The van der Waals surface area contributed by atoms with Crippen LogP contribution in [0, 0.1) is 0 Å². The number of hydrogen-bond donors (Lipinski definition) is 2. The average Bonchev–Trinajstić information content (AvgIpc) is 2.81. The summed E-state index contributed by atoms with van der Waals surface area (Å²) in [4.78, 5) is 25.1. The van der Waals surface area contributed by atoms with Crippen LogP contribution in [0.15, 0.2) is 0 Å². The molecule has 2 saturated heterocycles. The fourth-order valence-electron chi connectivity index (χ4n) is 2.18. The topological polar surface area (TPSA) is 75.4 Å². The maximum atomic E-state index is 12.2. The molecule has 0 bridgehead atoms. The Labute approximate surface area is 99.1 Å². The Morgan fingerprint density at radius 1 is 1.44 bits per heavy atom. The van der Waals surface area contributed by atoms with Crippen LogP contribution in [0.5, 0.6) is 0 Å². The van der Waals surface area contributed by atoms with E-state index in [0.29, 0.717) is 13.1 Å². The second-order valence-electron chi connectivity index (χ2n) is 4.16. The molecule has 2 amide bonds. The molecule has 0 radical (unpaired) electrons. The molecular weight excluding hydrogens is 226 g/mol. The number of nitrogens with zero attached hydrogens (tertiary/aromatic N) is 1. The van der Waals surface area contributed by atoms with Gasteiger partial charge in [0.1, 0.15) is 6.04 Å². The number of carbonyl (C=O) groups excluding carboxylic acids is 2. The number of nitrogens with two attached hydrogens (primary N) is 1. The summed E-state index contributed by atoms with van der Waals surface area (Å²) in [6.45, 7) is 1.81. The maximum absolute atomic E-state index is 12.2. The van der Waals surface area contributed by atoms with Crippen molar-refractivity contribution in [3.8, 4) is 0 Å². The highest BCUT2D eigenvalue weighted by Gasteiger charge is 2.35. The number of rotatable bonds is 2. The van der Waals surface area contributed by atoms with E-state index in [0.717, 1.165) is 25.1 Å².